The normalized spacial score (nSPS) is 18.9. The number of ether oxygens (including phenoxy) is 2. The molecule has 1 heterocycles. The number of hydrogen-bond acceptors (Lipinski definition) is 6. The van der Waals surface area contributed by atoms with Gasteiger partial charge in [0.25, 0.3) is 5.79 Å². The molecule has 1 aliphatic rings. The smallest absolute Gasteiger partial charge is 0.350 e. The molecule has 6 heteroatoms. The lowest BCUT2D eigenvalue weighted by Gasteiger charge is -2.30. The zero-order valence-electron chi connectivity index (χ0n) is 8.36. The fourth-order valence-electron chi connectivity index (χ4n) is 1.09. The number of rotatable bonds is 1. The van der Waals surface area contributed by atoms with Crippen LogP contribution in [0.4, 0.5) is 0 Å². The van der Waals surface area contributed by atoms with Crippen LogP contribution in [-0.4, -0.2) is 17.7 Å². The predicted octanol–water partition coefficient (Wildman–Crippen LogP) is -0.0510. The monoisotopic (exact) mass is 210 g/mol. The fraction of sp³-hybridized carbons (Fsp3) is 0.444. The Bertz CT molecular complexity index is 367. The molecule has 0 spiro atoms. The number of nitriles is 1. The Morgan fingerprint density at radius 3 is 2.27 bits per heavy atom. The van der Waals surface area contributed by atoms with Crippen molar-refractivity contribution in [3.63, 3.8) is 0 Å². The van der Waals surface area contributed by atoms with Crippen molar-refractivity contribution in [2.75, 3.05) is 0 Å². The molecule has 0 aromatic heterocycles. The number of hydrogen-bond donors (Lipinski definition) is 1. The van der Waals surface area contributed by atoms with Crippen molar-refractivity contribution in [1.82, 2.24) is 0 Å². The van der Waals surface area contributed by atoms with Crippen LogP contribution in [-0.2, 0) is 19.1 Å². The summed E-state index contributed by atoms with van der Waals surface area (Å²) in [6.07, 6.45) is -0.222. The Morgan fingerprint density at radius 2 is 1.87 bits per heavy atom. The fourth-order valence-corrected chi connectivity index (χ4v) is 1.09. The Balaban J connectivity index is 3.05. The molecule has 6 nitrogen and oxygen atoms in total. The molecular weight excluding hydrogens is 200 g/mol. The van der Waals surface area contributed by atoms with Gasteiger partial charge in [-0.05, 0) is 0 Å². The third kappa shape index (κ3) is 2.26. The molecule has 15 heavy (non-hydrogen) atoms. The Labute approximate surface area is 86.2 Å². The van der Waals surface area contributed by atoms with Crippen LogP contribution >= 0.6 is 0 Å². The zero-order valence-corrected chi connectivity index (χ0v) is 8.36. The maximum absolute atomic E-state index is 11.4. The summed E-state index contributed by atoms with van der Waals surface area (Å²) in [7, 11) is 0. The van der Waals surface area contributed by atoms with E-state index in [2.05, 4.69) is 0 Å². The summed E-state index contributed by atoms with van der Waals surface area (Å²) < 4.78 is 9.59. The van der Waals surface area contributed by atoms with Crippen molar-refractivity contribution in [3.8, 4) is 6.07 Å². The SMILES string of the molecule is CC1(C)OC(=O)C(=C(N)CC#N)C(=O)O1. The van der Waals surface area contributed by atoms with E-state index in [0.717, 1.165) is 0 Å². The first-order valence-corrected chi connectivity index (χ1v) is 4.19. The van der Waals surface area contributed by atoms with Gasteiger partial charge in [-0.15, -0.1) is 0 Å². The standard InChI is InChI=1S/C9H10N2O4/c1-9(2)14-7(12)6(8(13)15-9)5(11)3-4-10/h3,11H2,1-2H3. The molecule has 0 bridgehead atoms. The summed E-state index contributed by atoms with van der Waals surface area (Å²) in [5.74, 6) is -3.00. The van der Waals surface area contributed by atoms with Gasteiger partial charge in [0.1, 0.15) is 0 Å². The van der Waals surface area contributed by atoms with E-state index in [1.54, 1.807) is 6.07 Å². The number of nitrogens with zero attached hydrogens (tertiary/aromatic N) is 1. The van der Waals surface area contributed by atoms with Gasteiger partial charge in [-0.2, -0.15) is 5.26 Å². The summed E-state index contributed by atoms with van der Waals surface area (Å²) in [5, 5.41) is 8.37. The van der Waals surface area contributed by atoms with E-state index in [0.29, 0.717) is 0 Å². The third-order valence-electron chi connectivity index (χ3n) is 1.68. The average molecular weight is 210 g/mol. The Hall–Kier alpha value is -2.03. The second-order valence-electron chi connectivity index (χ2n) is 3.41. The van der Waals surface area contributed by atoms with E-state index >= 15 is 0 Å². The van der Waals surface area contributed by atoms with Gasteiger partial charge in [-0.25, -0.2) is 9.59 Å². The number of carbonyl (C=O) groups is 2. The zero-order chi connectivity index (χ0) is 11.6. The lowest BCUT2D eigenvalue weighted by molar-refractivity contribution is -0.222. The van der Waals surface area contributed by atoms with Crippen LogP contribution in [0.1, 0.15) is 20.3 Å². The van der Waals surface area contributed by atoms with Crippen molar-refractivity contribution >= 4 is 11.9 Å². The second-order valence-corrected chi connectivity index (χ2v) is 3.41. The van der Waals surface area contributed by atoms with Crippen molar-refractivity contribution in [2.24, 2.45) is 5.73 Å². The molecular formula is C9H10N2O4. The molecule has 0 radical (unpaired) electrons. The molecule has 0 amide bonds. The molecule has 2 N–H and O–H groups in total. The van der Waals surface area contributed by atoms with Crippen LogP contribution in [0.5, 0.6) is 0 Å². The van der Waals surface area contributed by atoms with Gasteiger partial charge in [0.05, 0.1) is 12.5 Å². The van der Waals surface area contributed by atoms with Crippen LogP contribution in [0, 0.1) is 11.3 Å². The molecule has 1 aliphatic heterocycles. The van der Waals surface area contributed by atoms with Gasteiger partial charge in [0.2, 0.25) is 0 Å². The summed E-state index contributed by atoms with van der Waals surface area (Å²) in [4.78, 5) is 22.7. The predicted molar refractivity (Wildman–Crippen MR) is 47.7 cm³/mol. The highest BCUT2D eigenvalue weighted by molar-refractivity contribution is 6.15. The first-order valence-electron chi connectivity index (χ1n) is 4.19. The molecule has 1 saturated heterocycles. The maximum Gasteiger partial charge on any atom is 0.350 e. The van der Waals surface area contributed by atoms with E-state index in [1.807, 2.05) is 0 Å². The lowest BCUT2D eigenvalue weighted by Crippen LogP contribution is -2.42. The lowest BCUT2D eigenvalue weighted by atomic mass is 10.1. The van der Waals surface area contributed by atoms with E-state index in [4.69, 9.17) is 20.5 Å². The van der Waals surface area contributed by atoms with Gasteiger partial charge in [-0.3, -0.25) is 0 Å². The first kappa shape index (κ1) is 11.0. The molecule has 1 rings (SSSR count). The highest BCUT2D eigenvalue weighted by atomic mass is 16.7. The van der Waals surface area contributed by atoms with Crippen LogP contribution in [0.2, 0.25) is 0 Å². The maximum atomic E-state index is 11.4. The van der Waals surface area contributed by atoms with Crippen LogP contribution < -0.4 is 5.73 Å². The van der Waals surface area contributed by atoms with Gasteiger partial charge in [0, 0.05) is 19.5 Å². The highest BCUT2D eigenvalue weighted by Crippen LogP contribution is 2.23. The Morgan fingerprint density at radius 1 is 1.40 bits per heavy atom. The van der Waals surface area contributed by atoms with Gasteiger partial charge in [-0.1, -0.05) is 0 Å². The number of allylic oxidation sites excluding steroid dienone is 1. The molecule has 1 fully saturated rings. The number of cyclic esters (lactones) is 2. The van der Waals surface area contributed by atoms with E-state index < -0.39 is 23.3 Å². The van der Waals surface area contributed by atoms with Crippen molar-refractivity contribution in [1.29, 1.82) is 5.26 Å². The van der Waals surface area contributed by atoms with Crippen molar-refractivity contribution in [2.45, 2.75) is 26.1 Å². The quantitative estimate of drug-likeness (QED) is 0.369. The van der Waals surface area contributed by atoms with Gasteiger partial charge >= 0.3 is 11.9 Å². The average Bonchev–Trinajstić information content (AvgIpc) is 1.99. The minimum absolute atomic E-state index is 0.136. The first-order chi connectivity index (χ1) is 6.87. The van der Waals surface area contributed by atoms with Gasteiger partial charge in [0.15, 0.2) is 5.57 Å². The third-order valence-corrected chi connectivity index (χ3v) is 1.68. The van der Waals surface area contributed by atoms with E-state index in [-0.39, 0.29) is 12.1 Å². The van der Waals surface area contributed by atoms with E-state index in [1.165, 1.54) is 13.8 Å². The summed E-state index contributed by atoms with van der Waals surface area (Å²) in [6, 6.07) is 1.73. The van der Waals surface area contributed by atoms with Gasteiger partial charge < -0.3 is 15.2 Å². The second kappa shape index (κ2) is 3.61. The largest absolute Gasteiger partial charge is 0.419 e. The summed E-state index contributed by atoms with van der Waals surface area (Å²) in [5.41, 5.74) is 4.85. The molecule has 0 aliphatic carbocycles. The molecule has 0 aromatic rings. The number of esters is 2. The Kier molecular flexibility index (Phi) is 2.66. The van der Waals surface area contributed by atoms with E-state index in [9.17, 15) is 9.59 Å². The van der Waals surface area contributed by atoms with Crippen LogP contribution in [0.3, 0.4) is 0 Å². The topological polar surface area (TPSA) is 102 Å². The summed E-state index contributed by atoms with van der Waals surface area (Å²) in [6.45, 7) is 2.86. The number of carbonyl (C=O) groups excluding carboxylic acids is 2. The van der Waals surface area contributed by atoms with Crippen LogP contribution in [0.25, 0.3) is 0 Å². The molecule has 0 aromatic carbocycles. The molecule has 0 atom stereocenters. The highest BCUT2D eigenvalue weighted by Gasteiger charge is 2.40. The van der Waals surface area contributed by atoms with Crippen molar-refractivity contribution < 1.29 is 19.1 Å². The van der Waals surface area contributed by atoms with Crippen molar-refractivity contribution in [3.05, 3.63) is 11.3 Å². The molecule has 0 unspecified atom stereocenters. The minimum atomic E-state index is -1.29. The number of nitrogens with two attached hydrogens (primary N) is 1. The molecule has 0 saturated carbocycles. The molecule has 80 valence electrons. The van der Waals surface area contributed by atoms with Crippen LogP contribution in [0.15, 0.2) is 11.3 Å². The summed E-state index contributed by atoms with van der Waals surface area (Å²) >= 11 is 0. The minimum Gasteiger partial charge on any atom is -0.419 e.